The minimum atomic E-state index is 0.728. The molecule has 0 atom stereocenters. The minimum Gasteiger partial charge on any atom is -0.380 e. The molecule has 1 aliphatic rings. The van der Waals surface area contributed by atoms with Crippen molar-refractivity contribution in [3.63, 3.8) is 0 Å². The van der Waals surface area contributed by atoms with Crippen LogP contribution in [-0.2, 0) is 4.74 Å². The highest BCUT2D eigenvalue weighted by Crippen LogP contribution is 2.14. The van der Waals surface area contributed by atoms with Crippen LogP contribution in [0.2, 0.25) is 0 Å². The zero-order valence-corrected chi connectivity index (χ0v) is 12.0. The number of ether oxygens (including phenoxy) is 1. The molecular formula is C13H28N4O. The van der Waals surface area contributed by atoms with Gasteiger partial charge in [-0.25, -0.2) is 0 Å². The van der Waals surface area contributed by atoms with Crippen molar-refractivity contribution in [3.8, 4) is 0 Å². The van der Waals surface area contributed by atoms with Gasteiger partial charge in [0.05, 0.1) is 6.61 Å². The smallest absolute Gasteiger partial charge is 0.191 e. The van der Waals surface area contributed by atoms with Crippen LogP contribution in [0.25, 0.3) is 0 Å². The molecule has 0 unspecified atom stereocenters. The van der Waals surface area contributed by atoms with Crippen LogP contribution in [0, 0.1) is 5.92 Å². The number of guanidine groups is 1. The van der Waals surface area contributed by atoms with Crippen LogP contribution in [-0.4, -0.2) is 64.3 Å². The Balaban J connectivity index is 2.11. The van der Waals surface area contributed by atoms with Gasteiger partial charge in [0.2, 0.25) is 0 Å². The second-order valence-electron chi connectivity index (χ2n) is 4.82. The molecule has 0 bridgehead atoms. The maximum absolute atomic E-state index is 5.28. The molecule has 5 nitrogen and oxygen atoms in total. The highest BCUT2D eigenvalue weighted by molar-refractivity contribution is 5.79. The number of nitrogens with one attached hydrogen (secondary N) is 2. The minimum absolute atomic E-state index is 0.728. The maximum Gasteiger partial charge on any atom is 0.191 e. The summed E-state index contributed by atoms with van der Waals surface area (Å²) in [5.41, 5.74) is 0. The third-order valence-corrected chi connectivity index (χ3v) is 3.36. The van der Waals surface area contributed by atoms with Crippen LogP contribution in [0.4, 0.5) is 0 Å². The van der Waals surface area contributed by atoms with Gasteiger partial charge in [0, 0.05) is 26.7 Å². The summed E-state index contributed by atoms with van der Waals surface area (Å²) in [6.07, 6.45) is 2.55. The fourth-order valence-electron chi connectivity index (χ4n) is 2.11. The van der Waals surface area contributed by atoms with Crippen LogP contribution >= 0.6 is 0 Å². The maximum atomic E-state index is 5.28. The SMILES string of the molecule is CCOCCNC(=NC)NCC1CCN(C)CC1. The molecule has 2 N–H and O–H groups in total. The lowest BCUT2D eigenvalue weighted by atomic mass is 9.97. The average molecular weight is 256 g/mol. The Bertz CT molecular complexity index is 237. The summed E-state index contributed by atoms with van der Waals surface area (Å²) in [5, 5.41) is 6.65. The fourth-order valence-corrected chi connectivity index (χ4v) is 2.11. The van der Waals surface area contributed by atoms with E-state index >= 15 is 0 Å². The first-order chi connectivity index (χ1) is 8.76. The highest BCUT2D eigenvalue weighted by atomic mass is 16.5. The molecule has 0 aliphatic carbocycles. The Morgan fingerprint density at radius 3 is 2.67 bits per heavy atom. The predicted octanol–water partition coefficient (Wildman–Crippen LogP) is 0.530. The Kier molecular flexibility index (Phi) is 7.76. The van der Waals surface area contributed by atoms with E-state index in [0.29, 0.717) is 0 Å². The van der Waals surface area contributed by atoms with Crippen molar-refractivity contribution in [3.05, 3.63) is 0 Å². The molecule has 1 rings (SSSR count). The predicted molar refractivity (Wildman–Crippen MR) is 76.1 cm³/mol. The largest absolute Gasteiger partial charge is 0.380 e. The van der Waals surface area contributed by atoms with E-state index in [-0.39, 0.29) is 0 Å². The summed E-state index contributed by atoms with van der Waals surface area (Å²) >= 11 is 0. The molecule has 18 heavy (non-hydrogen) atoms. The van der Waals surface area contributed by atoms with Gasteiger partial charge in [-0.15, -0.1) is 0 Å². The van der Waals surface area contributed by atoms with Crippen LogP contribution in [0.15, 0.2) is 4.99 Å². The number of piperidine rings is 1. The molecule has 1 aliphatic heterocycles. The van der Waals surface area contributed by atoms with E-state index in [1.165, 1.54) is 25.9 Å². The van der Waals surface area contributed by atoms with Gasteiger partial charge in [-0.2, -0.15) is 0 Å². The second-order valence-corrected chi connectivity index (χ2v) is 4.82. The molecule has 0 aromatic rings. The van der Waals surface area contributed by atoms with Crippen molar-refractivity contribution in [2.75, 3.05) is 53.5 Å². The van der Waals surface area contributed by atoms with Crippen LogP contribution in [0.1, 0.15) is 19.8 Å². The van der Waals surface area contributed by atoms with E-state index in [0.717, 1.165) is 38.2 Å². The molecule has 0 radical (unpaired) electrons. The molecule has 0 aromatic heterocycles. The number of hydrogen-bond donors (Lipinski definition) is 2. The van der Waals surface area contributed by atoms with Crippen molar-refractivity contribution >= 4 is 5.96 Å². The molecule has 106 valence electrons. The molecule has 0 spiro atoms. The zero-order chi connectivity index (χ0) is 13.2. The summed E-state index contributed by atoms with van der Waals surface area (Å²) in [6.45, 7) is 7.75. The molecule has 0 amide bonds. The summed E-state index contributed by atoms with van der Waals surface area (Å²) in [5.74, 6) is 1.65. The van der Waals surface area contributed by atoms with Crippen molar-refractivity contribution in [1.82, 2.24) is 15.5 Å². The second kappa shape index (κ2) is 9.16. The van der Waals surface area contributed by atoms with Gasteiger partial charge >= 0.3 is 0 Å². The van der Waals surface area contributed by atoms with Crippen LogP contribution in [0.3, 0.4) is 0 Å². The molecule has 1 heterocycles. The van der Waals surface area contributed by atoms with Gasteiger partial charge in [0.15, 0.2) is 5.96 Å². The van der Waals surface area contributed by atoms with Crippen LogP contribution in [0.5, 0.6) is 0 Å². The lowest BCUT2D eigenvalue weighted by Crippen LogP contribution is -2.43. The highest BCUT2D eigenvalue weighted by Gasteiger charge is 2.16. The topological polar surface area (TPSA) is 48.9 Å². The summed E-state index contributed by atoms with van der Waals surface area (Å²) in [6, 6.07) is 0. The Labute approximate surface area is 111 Å². The molecule has 0 saturated carbocycles. The van der Waals surface area contributed by atoms with Gasteiger partial charge in [-0.05, 0) is 45.8 Å². The normalized spacial score (nSPS) is 18.9. The molecule has 1 saturated heterocycles. The van der Waals surface area contributed by atoms with E-state index in [1.54, 1.807) is 0 Å². The lowest BCUT2D eigenvalue weighted by molar-refractivity contribution is 0.152. The summed E-state index contributed by atoms with van der Waals surface area (Å²) < 4.78 is 5.28. The van der Waals surface area contributed by atoms with Gasteiger partial charge < -0.3 is 20.3 Å². The molecule has 5 heteroatoms. The van der Waals surface area contributed by atoms with Crippen molar-refractivity contribution < 1.29 is 4.74 Å². The van der Waals surface area contributed by atoms with Crippen molar-refractivity contribution in [2.24, 2.45) is 10.9 Å². The van der Waals surface area contributed by atoms with Crippen molar-refractivity contribution in [1.29, 1.82) is 0 Å². The first-order valence-corrected chi connectivity index (χ1v) is 6.97. The van der Waals surface area contributed by atoms with Gasteiger partial charge in [-0.3, -0.25) is 4.99 Å². The first-order valence-electron chi connectivity index (χ1n) is 6.97. The summed E-state index contributed by atoms with van der Waals surface area (Å²) in [7, 11) is 4.00. The molecular weight excluding hydrogens is 228 g/mol. The van der Waals surface area contributed by atoms with Gasteiger partial charge in [0.25, 0.3) is 0 Å². The Morgan fingerprint density at radius 2 is 2.06 bits per heavy atom. The number of hydrogen-bond acceptors (Lipinski definition) is 3. The fraction of sp³-hybridized carbons (Fsp3) is 0.923. The van der Waals surface area contributed by atoms with E-state index in [4.69, 9.17) is 4.74 Å². The molecule has 1 fully saturated rings. The molecule has 0 aromatic carbocycles. The Hall–Kier alpha value is -0.810. The van der Waals surface area contributed by atoms with E-state index in [1.807, 2.05) is 14.0 Å². The first kappa shape index (κ1) is 15.2. The van der Waals surface area contributed by atoms with Gasteiger partial charge in [-0.1, -0.05) is 0 Å². The Morgan fingerprint density at radius 1 is 1.33 bits per heavy atom. The third kappa shape index (κ3) is 6.21. The number of rotatable bonds is 6. The number of nitrogens with zero attached hydrogens (tertiary/aromatic N) is 2. The standard InChI is InChI=1S/C13H28N4O/c1-4-18-10-7-15-13(14-2)16-11-12-5-8-17(3)9-6-12/h12H,4-11H2,1-3H3,(H2,14,15,16). The van der Waals surface area contributed by atoms with E-state index < -0.39 is 0 Å². The zero-order valence-electron chi connectivity index (χ0n) is 12.0. The average Bonchev–Trinajstić information content (AvgIpc) is 2.40. The monoisotopic (exact) mass is 256 g/mol. The van der Waals surface area contributed by atoms with E-state index in [9.17, 15) is 0 Å². The number of aliphatic imine (C=N–C) groups is 1. The third-order valence-electron chi connectivity index (χ3n) is 3.36. The summed E-state index contributed by atoms with van der Waals surface area (Å²) in [4.78, 5) is 6.61. The van der Waals surface area contributed by atoms with Gasteiger partial charge in [0.1, 0.15) is 0 Å². The van der Waals surface area contributed by atoms with Crippen molar-refractivity contribution in [2.45, 2.75) is 19.8 Å². The van der Waals surface area contributed by atoms with E-state index in [2.05, 4.69) is 27.6 Å². The number of likely N-dealkylation sites (tertiary alicyclic amines) is 1. The quantitative estimate of drug-likeness (QED) is 0.413. The van der Waals surface area contributed by atoms with Crippen LogP contribution < -0.4 is 10.6 Å². The lowest BCUT2D eigenvalue weighted by Gasteiger charge is -2.29.